The van der Waals surface area contributed by atoms with E-state index in [9.17, 15) is 4.79 Å². The van der Waals surface area contributed by atoms with Gasteiger partial charge in [-0.25, -0.2) is 14.8 Å². The number of carbonyl (C=O) groups is 1. The van der Waals surface area contributed by atoms with Crippen LogP contribution in [-0.4, -0.2) is 28.2 Å². The maximum atomic E-state index is 11.1. The topological polar surface area (TPSA) is 84.3 Å². The molecular weight excluding hydrogens is 294 g/mol. The number of aromatic nitrogens is 2. The average molecular weight is 308 g/mol. The highest BCUT2D eigenvalue weighted by Crippen LogP contribution is 2.32. The summed E-state index contributed by atoms with van der Waals surface area (Å²) in [5, 5.41) is 12.3. The molecule has 1 aromatic heterocycles. The Morgan fingerprint density at radius 1 is 1.24 bits per heavy atom. The van der Waals surface area contributed by atoms with Crippen molar-refractivity contribution < 1.29 is 14.6 Å². The van der Waals surface area contributed by atoms with Crippen LogP contribution in [0.2, 0.25) is 5.02 Å². The zero-order valence-electron chi connectivity index (χ0n) is 11.8. The van der Waals surface area contributed by atoms with Crippen LogP contribution in [0.1, 0.15) is 21.7 Å². The standard InChI is InChI=1S/C14H14ClN3O3/c1-7-4-8(2)17-14(16-7)18-11-6-12(21-3)9(13(19)20)5-10(11)15/h4-6H,1-3H3,(H,19,20)(H,16,17,18). The Bertz CT molecular complexity index is 684. The van der Waals surface area contributed by atoms with Crippen molar-refractivity contribution in [3.63, 3.8) is 0 Å². The summed E-state index contributed by atoms with van der Waals surface area (Å²) in [7, 11) is 1.40. The van der Waals surface area contributed by atoms with E-state index in [1.165, 1.54) is 19.2 Å². The number of anilines is 2. The lowest BCUT2D eigenvalue weighted by Crippen LogP contribution is -2.04. The summed E-state index contributed by atoms with van der Waals surface area (Å²) in [6, 6.07) is 4.68. The van der Waals surface area contributed by atoms with Gasteiger partial charge in [0.05, 0.1) is 17.8 Å². The Morgan fingerprint density at radius 3 is 2.38 bits per heavy atom. The molecule has 0 spiro atoms. The van der Waals surface area contributed by atoms with Gasteiger partial charge in [-0.2, -0.15) is 0 Å². The summed E-state index contributed by atoms with van der Waals surface area (Å²) in [6.07, 6.45) is 0. The van der Waals surface area contributed by atoms with Crippen LogP contribution in [0.15, 0.2) is 18.2 Å². The van der Waals surface area contributed by atoms with Crippen LogP contribution in [0.25, 0.3) is 0 Å². The number of aryl methyl sites for hydroxylation is 2. The predicted octanol–water partition coefficient (Wildman–Crippen LogP) is 3.20. The van der Waals surface area contributed by atoms with Crippen molar-refractivity contribution in [3.05, 3.63) is 40.2 Å². The molecule has 0 fully saturated rings. The summed E-state index contributed by atoms with van der Waals surface area (Å²) in [5.74, 6) is -0.513. The number of hydrogen-bond donors (Lipinski definition) is 2. The molecule has 0 unspecified atom stereocenters. The number of halogens is 1. The van der Waals surface area contributed by atoms with E-state index in [0.717, 1.165) is 11.4 Å². The van der Waals surface area contributed by atoms with Gasteiger partial charge in [-0.1, -0.05) is 11.6 Å². The molecule has 0 saturated carbocycles. The van der Waals surface area contributed by atoms with Gasteiger partial charge in [0.2, 0.25) is 5.95 Å². The molecule has 2 N–H and O–H groups in total. The van der Waals surface area contributed by atoms with Crippen LogP contribution in [0.3, 0.4) is 0 Å². The molecule has 2 rings (SSSR count). The molecule has 1 aromatic carbocycles. The maximum absolute atomic E-state index is 11.1. The fourth-order valence-electron chi connectivity index (χ4n) is 1.89. The van der Waals surface area contributed by atoms with Crippen molar-refractivity contribution >= 4 is 29.2 Å². The first-order chi connectivity index (χ1) is 9.90. The van der Waals surface area contributed by atoms with E-state index in [2.05, 4.69) is 15.3 Å². The van der Waals surface area contributed by atoms with Crippen LogP contribution < -0.4 is 10.1 Å². The normalized spacial score (nSPS) is 10.3. The molecule has 1 heterocycles. The van der Waals surface area contributed by atoms with Gasteiger partial charge in [-0.3, -0.25) is 0 Å². The number of nitrogens with one attached hydrogen (secondary N) is 1. The molecule has 0 bridgehead atoms. The van der Waals surface area contributed by atoms with Crippen LogP contribution >= 0.6 is 11.6 Å². The third-order valence-corrected chi connectivity index (χ3v) is 3.06. The van der Waals surface area contributed by atoms with Gasteiger partial charge >= 0.3 is 5.97 Å². The van der Waals surface area contributed by atoms with Crippen LogP contribution in [-0.2, 0) is 0 Å². The molecule has 0 saturated heterocycles. The zero-order chi connectivity index (χ0) is 15.6. The maximum Gasteiger partial charge on any atom is 0.339 e. The molecule has 0 aliphatic rings. The largest absolute Gasteiger partial charge is 0.496 e. The molecule has 7 heteroatoms. The number of carboxylic acids is 1. The Kier molecular flexibility index (Phi) is 4.28. The van der Waals surface area contributed by atoms with E-state index in [4.69, 9.17) is 21.4 Å². The van der Waals surface area contributed by atoms with Gasteiger partial charge in [0.15, 0.2) is 0 Å². The molecule has 110 valence electrons. The van der Waals surface area contributed by atoms with Gasteiger partial charge in [0.25, 0.3) is 0 Å². The van der Waals surface area contributed by atoms with Crippen molar-refractivity contribution in [1.82, 2.24) is 9.97 Å². The second-order valence-corrected chi connectivity index (χ2v) is 4.84. The molecule has 2 aromatic rings. The highest BCUT2D eigenvalue weighted by molar-refractivity contribution is 6.33. The molecule has 0 aliphatic carbocycles. The number of nitrogens with zero attached hydrogens (tertiary/aromatic N) is 2. The monoisotopic (exact) mass is 307 g/mol. The summed E-state index contributed by atoms with van der Waals surface area (Å²) in [4.78, 5) is 19.6. The molecular formula is C14H14ClN3O3. The fraction of sp³-hybridized carbons (Fsp3) is 0.214. The highest BCUT2D eigenvalue weighted by Gasteiger charge is 2.15. The molecule has 0 atom stereocenters. The summed E-state index contributed by atoms with van der Waals surface area (Å²) < 4.78 is 5.07. The number of carboxylic acid groups (broad SMARTS) is 1. The lowest BCUT2D eigenvalue weighted by atomic mass is 10.2. The van der Waals surface area contributed by atoms with E-state index < -0.39 is 5.97 Å². The predicted molar refractivity (Wildman–Crippen MR) is 79.8 cm³/mol. The molecule has 6 nitrogen and oxygen atoms in total. The first kappa shape index (κ1) is 15.1. The number of hydrogen-bond acceptors (Lipinski definition) is 5. The van der Waals surface area contributed by atoms with Gasteiger partial charge in [0.1, 0.15) is 11.3 Å². The number of benzene rings is 1. The highest BCUT2D eigenvalue weighted by atomic mass is 35.5. The summed E-state index contributed by atoms with van der Waals surface area (Å²) in [6.45, 7) is 3.71. The fourth-order valence-corrected chi connectivity index (χ4v) is 2.10. The van der Waals surface area contributed by atoms with Crippen molar-refractivity contribution in [2.24, 2.45) is 0 Å². The first-order valence-corrected chi connectivity index (χ1v) is 6.48. The van der Waals surface area contributed by atoms with Crippen molar-refractivity contribution in [3.8, 4) is 5.75 Å². The number of ether oxygens (including phenoxy) is 1. The Hall–Kier alpha value is -2.34. The number of rotatable bonds is 4. The van der Waals surface area contributed by atoms with Crippen LogP contribution in [0, 0.1) is 13.8 Å². The lowest BCUT2D eigenvalue weighted by molar-refractivity contribution is 0.0693. The second kappa shape index (κ2) is 5.97. The molecule has 0 aliphatic heterocycles. The Morgan fingerprint density at radius 2 is 1.86 bits per heavy atom. The number of methoxy groups -OCH3 is 1. The lowest BCUT2D eigenvalue weighted by Gasteiger charge is -2.12. The minimum Gasteiger partial charge on any atom is -0.496 e. The van der Waals surface area contributed by atoms with Gasteiger partial charge in [-0.15, -0.1) is 0 Å². The van der Waals surface area contributed by atoms with Crippen molar-refractivity contribution in [1.29, 1.82) is 0 Å². The third-order valence-electron chi connectivity index (χ3n) is 2.75. The molecule has 21 heavy (non-hydrogen) atoms. The number of aromatic carboxylic acids is 1. The quantitative estimate of drug-likeness (QED) is 0.902. The van der Waals surface area contributed by atoms with E-state index in [1.54, 1.807) is 0 Å². The van der Waals surface area contributed by atoms with E-state index in [0.29, 0.717) is 11.6 Å². The minimum absolute atomic E-state index is 0.00519. The van der Waals surface area contributed by atoms with E-state index in [1.807, 2.05) is 19.9 Å². The average Bonchev–Trinajstić information content (AvgIpc) is 2.39. The SMILES string of the molecule is COc1cc(Nc2nc(C)cc(C)n2)c(Cl)cc1C(=O)O. The Balaban J connectivity index is 2.42. The minimum atomic E-state index is -1.11. The van der Waals surface area contributed by atoms with E-state index >= 15 is 0 Å². The summed E-state index contributed by atoms with van der Waals surface area (Å²) >= 11 is 6.09. The molecule has 0 radical (unpaired) electrons. The van der Waals surface area contributed by atoms with Gasteiger partial charge in [0, 0.05) is 17.5 Å². The van der Waals surface area contributed by atoms with Crippen molar-refractivity contribution in [2.45, 2.75) is 13.8 Å². The van der Waals surface area contributed by atoms with Crippen LogP contribution in [0.4, 0.5) is 11.6 Å². The smallest absolute Gasteiger partial charge is 0.339 e. The van der Waals surface area contributed by atoms with E-state index in [-0.39, 0.29) is 16.3 Å². The first-order valence-electron chi connectivity index (χ1n) is 6.11. The second-order valence-electron chi connectivity index (χ2n) is 4.44. The van der Waals surface area contributed by atoms with Crippen molar-refractivity contribution in [2.75, 3.05) is 12.4 Å². The van der Waals surface area contributed by atoms with Crippen LogP contribution in [0.5, 0.6) is 5.75 Å². The molecule has 0 amide bonds. The van der Waals surface area contributed by atoms with Gasteiger partial charge in [-0.05, 0) is 26.0 Å². The zero-order valence-corrected chi connectivity index (χ0v) is 12.5. The summed E-state index contributed by atoms with van der Waals surface area (Å²) in [5.41, 5.74) is 2.10. The van der Waals surface area contributed by atoms with Gasteiger partial charge < -0.3 is 15.2 Å². The Labute approximate surface area is 126 Å². The third kappa shape index (κ3) is 3.41.